The Morgan fingerprint density at radius 2 is 1.75 bits per heavy atom. The molecule has 0 aliphatic rings. The van der Waals surface area contributed by atoms with Crippen LogP contribution in [0.25, 0.3) is 0 Å². The maximum Gasteiger partial charge on any atom is 0.333 e. The maximum atomic E-state index is 10.3. The minimum Gasteiger partial charge on any atom is -0.479 e. The molecule has 0 bridgehead atoms. The molecule has 0 amide bonds. The van der Waals surface area contributed by atoms with Gasteiger partial charge in [-0.05, 0) is 0 Å². The van der Waals surface area contributed by atoms with Gasteiger partial charge in [-0.25, -0.2) is 4.79 Å². The van der Waals surface area contributed by atoms with Crippen LogP contribution < -0.4 is 0 Å². The lowest BCUT2D eigenvalue weighted by Crippen LogP contribution is -2.37. The van der Waals surface area contributed by atoms with Crippen LogP contribution in [0.3, 0.4) is 0 Å². The Bertz CT molecular complexity index is 143. The van der Waals surface area contributed by atoms with E-state index in [2.05, 4.69) is 0 Å². The van der Waals surface area contributed by atoms with Gasteiger partial charge in [0.25, 0.3) is 0 Å². The SMILES string of the molecule is COC(OC)[C@@H](C)[C@@H](O)C(=O)O. The summed E-state index contributed by atoms with van der Waals surface area (Å²) in [4.78, 5) is 10.3. The molecule has 0 aromatic heterocycles. The quantitative estimate of drug-likeness (QED) is 0.564. The molecule has 0 aromatic carbocycles. The summed E-state index contributed by atoms with van der Waals surface area (Å²) in [7, 11) is 2.78. The number of hydrogen-bond donors (Lipinski definition) is 2. The lowest BCUT2D eigenvalue weighted by Gasteiger charge is -2.22. The van der Waals surface area contributed by atoms with Crippen LogP contribution in [-0.2, 0) is 14.3 Å². The molecule has 0 saturated heterocycles. The molecule has 0 spiro atoms. The van der Waals surface area contributed by atoms with Crippen LogP contribution >= 0.6 is 0 Å². The molecule has 2 N–H and O–H groups in total. The first-order valence-electron chi connectivity index (χ1n) is 3.51. The molecule has 5 heteroatoms. The van der Waals surface area contributed by atoms with Crippen LogP contribution in [0.4, 0.5) is 0 Å². The van der Waals surface area contributed by atoms with E-state index in [4.69, 9.17) is 19.7 Å². The minimum atomic E-state index is -1.46. The summed E-state index contributed by atoms with van der Waals surface area (Å²) < 4.78 is 9.57. The van der Waals surface area contributed by atoms with Gasteiger partial charge in [-0.3, -0.25) is 0 Å². The van der Waals surface area contributed by atoms with Crippen molar-refractivity contribution < 1.29 is 24.5 Å². The lowest BCUT2D eigenvalue weighted by atomic mass is 10.0. The monoisotopic (exact) mass is 178 g/mol. The van der Waals surface area contributed by atoms with Crippen molar-refractivity contribution in [2.45, 2.75) is 19.3 Å². The topological polar surface area (TPSA) is 76.0 Å². The van der Waals surface area contributed by atoms with Crippen molar-refractivity contribution in [1.82, 2.24) is 0 Å². The molecule has 0 aliphatic carbocycles. The Balaban J connectivity index is 4.14. The van der Waals surface area contributed by atoms with Crippen LogP contribution in [0.1, 0.15) is 6.92 Å². The number of ether oxygens (including phenoxy) is 2. The third-order valence-corrected chi connectivity index (χ3v) is 1.64. The molecule has 0 saturated carbocycles. The second kappa shape index (κ2) is 5.08. The first-order valence-corrected chi connectivity index (χ1v) is 3.51. The van der Waals surface area contributed by atoms with Crippen LogP contribution in [-0.4, -0.2) is 42.8 Å². The molecule has 12 heavy (non-hydrogen) atoms. The summed E-state index contributed by atoms with van der Waals surface area (Å²) in [6.07, 6.45) is -2.16. The maximum absolute atomic E-state index is 10.3. The number of rotatable bonds is 5. The van der Waals surface area contributed by atoms with Crippen molar-refractivity contribution in [2.24, 2.45) is 5.92 Å². The zero-order chi connectivity index (χ0) is 9.72. The normalized spacial score (nSPS) is 16.1. The predicted octanol–water partition coefficient (Wildman–Crippen LogP) is -0.313. The number of methoxy groups -OCH3 is 2. The van der Waals surface area contributed by atoms with Crippen molar-refractivity contribution in [2.75, 3.05) is 14.2 Å². The lowest BCUT2D eigenvalue weighted by molar-refractivity contribution is -0.175. The summed E-state index contributed by atoms with van der Waals surface area (Å²) in [6.45, 7) is 1.54. The summed E-state index contributed by atoms with van der Waals surface area (Å²) in [6, 6.07) is 0. The van der Waals surface area contributed by atoms with Gasteiger partial charge >= 0.3 is 5.97 Å². The van der Waals surface area contributed by atoms with Gasteiger partial charge in [0.05, 0.1) is 0 Å². The van der Waals surface area contributed by atoms with Gasteiger partial charge < -0.3 is 19.7 Å². The fourth-order valence-corrected chi connectivity index (χ4v) is 0.899. The average molecular weight is 178 g/mol. The van der Waals surface area contributed by atoms with Gasteiger partial charge in [0.1, 0.15) is 0 Å². The summed E-state index contributed by atoms with van der Waals surface area (Å²) >= 11 is 0. The Labute approximate surface area is 70.9 Å². The standard InChI is InChI=1S/C7H14O5/c1-4(5(8)6(9)10)7(11-2)12-3/h4-5,7-8H,1-3H3,(H,9,10)/t4-,5+/m0/s1. The number of aliphatic hydroxyl groups is 1. The van der Waals surface area contributed by atoms with E-state index in [-0.39, 0.29) is 0 Å². The molecule has 0 aromatic rings. The largest absolute Gasteiger partial charge is 0.479 e. The highest BCUT2D eigenvalue weighted by Gasteiger charge is 2.29. The molecular formula is C7H14O5. The molecule has 5 nitrogen and oxygen atoms in total. The fourth-order valence-electron chi connectivity index (χ4n) is 0.899. The highest BCUT2D eigenvalue weighted by atomic mass is 16.7. The zero-order valence-corrected chi connectivity index (χ0v) is 7.35. The van der Waals surface area contributed by atoms with Gasteiger partial charge in [-0.2, -0.15) is 0 Å². The van der Waals surface area contributed by atoms with Crippen LogP contribution in [0.2, 0.25) is 0 Å². The smallest absolute Gasteiger partial charge is 0.333 e. The van der Waals surface area contributed by atoms with Gasteiger partial charge in [0.15, 0.2) is 12.4 Å². The van der Waals surface area contributed by atoms with Crippen molar-refractivity contribution in [1.29, 1.82) is 0 Å². The van der Waals surface area contributed by atoms with E-state index in [1.807, 2.05) is 0 Å². The number of carboxylic acids is 1. The van der Waals surface area contributed by atoms with E-state index in [1.54, 1.807) is 0 Å². The first-order chi connectivity index (χ1) is 5.54. The van der Waals surface area contributed by atoms with E-state index in [1.165, 1.54) is 21.1 Å². The zero-order valence-electron chi connectivity index (χ0n) is 7.35. The summed E-state index contributed by atoms with van der Waals surface area (Å²) in [5.41, 5.74) is 0. The first kappa shape index (κ1) is 11.4. The van der Waals surface area contributed by atoms with Crippen LogP contribution in [0.5, 0.6) is 0 Å². The number of aliphatic hydroxyl groups excluding tert-OH is 1. The highest BCUT2D eigenvalue weighted by molar-refractivity contribution is 5.72. The molecule has 2 atom stereocenters. The van der Waals surface area contributed by atoms with Crippen molar-refractivity contribution in [3.63, 3.8) is 0 Å². The van der Waals surface area contributed by atoms with Crippen molar-refractivity contribution in [3.05, 3.63) is 0 Å². The highest BCUT2D eigenvalue weighted by Crippen LogP contribution is 2.12. The van der Waals surface area contributed by atoms with Crippen LogP contribution in [0, 0.1) is 5.92 Å². The molecule has 0 aliphatic heterocycles. The molecule has 0 heterocycles. The molecule has 72 valence electrons. The Morgan fingerprint density at radius 3 is 2.00 bits per heavy atom. The number of carboxylic acid groups (broad SMARTS) is 1. The van der Waals surface area contributed by atoms with Crippen molar-refractivity contribution in [3.8, 4) is 0 Å². The third kappa shape index (κ3) is 2.77. The number of aliphatic carboxylic acids is 1. The Kier molecular flexibility index (Phi) is 4.80. The second-order valence-electron chi connectivity index (χ2n) is 2.48. The Hall–Kier alpha value is -0.650. The molecule has 0 fully saturated rings. The van der Waals surface area contributed by atoms with Gasteiger partial charge in [-0.1, -0.05) is 6.92 Å². The third-order valence-electron chi connectivity index (χ3n) is 1.64. The summed E-state index contributed by atoms with van der Waals surface area (Å²) in [5, 5.41) is 17.5. The van der Waals surface area contributed by atoms with E-state index in [9.17, 15) is 4.79 Å². The van der Waals surface area contributed by atoms with E-state index in [0.717, 1.165) is 0 Å². The van der Waals surface area contributed by atoms with E-state index in [0.29, 0.717) is 0 Å². The van der Waals surface area contributed by atoms with Crippen LogP contribution in [0.15, 0.2) is 0 Å². The second-order valence-corrected chi connectivity index (χ2v) is 2.48. The van der Waals surface area contributed by atoms with Gasteiger partial charge in [0.2, 0.25) is 0 Å². The Morgan fingerprint density at radius 1 is 1.33 bits per heavy atom. The van der Waals surface area contributed by atoms with Crippen molar-refractivity contribution >= 4 is 5.97 Å². The minimum absolute atomic E-state index is 0.600. The molecule has 0 unspecified atom stereocenters. The summed E-state index contributed by atoms with van der Waals surface area (Å²) in [5.74, 6) is -1.88. The van der Waals surface area contributed by atoms with E-state index < -0.39 is 24.3 Å². The average Bonchev–Trinajstić information content (AvgIpc) is 2.05. The molecule has 0 rings (SSSR count). The number of carbonyl (C=O) groups is 1. The van der Waals surface area contributed by atoms with E-state index >= 15 is 0 Å². The molecular weight excluding hydrogens is 164 g/mol. The van der Waals surface area contributed by atoms with Gasteiger partial charge in [0, 0.05) is 20.1 Å². The predicted molar refractivity (Wildman–Crippen MR) is 40.6 cm³/mol. The number of hydrogen-bond acceptors (Lipinski definition) is 4. The molecule has 0 radical (unpaired) electrons. The fraction of sp³-hybridized carbons (Fsp3) is 0.857. The van der Waals surface area contributed by atoms with Gasteiger partial charge in [-0.15, -0.1) is 0 Å².